The van der Waals surface area contributed by atoms with Gasteiger partial charge in [0.2, 0.25) is 0 Å². The monoisotopic (exact) mass is 451 g/mol. The van der Waals surface area contributed by atoms with Crippen LogP contribution in [-0.4, -0.2) is 24.1 Å². The summed E-state index contributed by atoms with van der Waals surface area (Å²) in [4.78, 5) is 14.3. The predicted molar refractivity (Wildman–Crippen MR) is 124 cm³/mol. The molecule has 0 radical (unpaired) electrons. The Hall–Kier alpha value is -2.61. The van der Waals surface area contributed by atoms with Crippen molar-refractivity contribution < 1.29 is 18.0 Å². The average Bonchev–Trinajstić information content (AvgIpc) is 2.74. The average molecular weight is 452 g/mol. The number of amides is 1. The molecule has 4 nitrogen and oxygen atoms in total. The zero-order valence-electron chi connectivity index (χ0n) is 17.8. The van der Waals surface area contributed by atoms with E-state index in [1.165, 1.54) is 6.07 Å². The van der Waals surface area contributed by atoms with Gasteiger partial charge in [-0.3, -0.25) is 10.1 Å². The third-order valence-corrected chi connectivity index (χ3v) is 5.04. The lowest BCUT2D eigenvalue weighted by Crippen LogP contribution is -2.35. The molecule has 2 aromatic carbocycles. The van der Waals surface area contributed by atoms with Gasteiger partial charge in [0.05, 0.1) is 16.9 Å². The van der Waals surface area contributed by atoms with E-state index in [1.807, 2.05) is 11.8 Å². The van der Waals surface area contributed by atoms with Gasteiger partial charge in [0.1, 0.15) is 0 Å². The summed E-state index contributed by atoms with van der Waals surface area (Å²) in [6.07, 6.45) is -0.263. The lowest BCUT2D eigenvalue weighted by atomic mass is 10.1. The maximum atomic E-state index is 13.3. The van der Waals surface area contributed by atoms with Crippen molar-refractivity contribution in [3.8, 4) is 0 Å². The van der Waals surface area contributed by atoms with Gasteiger partial charge in [-0.15, -0.1) is 0 Å². The van der Waals surface area contributed by atoms with Crippen molar-refractivity contribution in [2.75, 3.05) is 23.3 Å². The van der Waals surface area contributed by atoms with Crippen LogP contribution in [0.4, 0.5) is 24.5 Å². The second kappa shape index (κ2) is 11.7. The zero-order valence-corrected chi connectivity index (χ0v) is 18.6. The predicted octanol–water partition coefficient (Wildman–Crippen LogP) is 6.24. The molecule has 0 aliphatic carbocycles. The number of hydrogen-bond acceptors (Lipinski definition) is 3. The SMILES string of the molecule is CCCCCCN(CC)c1ccc(C(F)(F)F)cc1NC(=S)NC(=O)c1ccccc1. The van der Waals surface area contributed by atoms with Crippen LogP contribution in [0.3, 0.4) is 0 Å². The van der Waals surface area contributed by atoms with Crippen molar-refractivity contribution in [3.05, 3.63) is 59.7 Å². The fourth-order valence-corrected chi connectivity index (χ4v) is 3.39. The Morgan fingerprint density at radius 1 is 1.03 bits per heavy atom. The smallest absolute Gasteiger partial charge is 0.370 e. The highest BCUT2D eigenvalue weighted by Crippen LogP contribution is 2.35. The second-order valence-corrected chi connectivity index (χ2v) is 7.55. The number of carbonyl (C=O) groups is 1. The molecule has 0 fully saturated rings. The van der Waals surface area contributed by atoms with E-state index in [-0.39, 0.29) is 10.8 Å². The molecular formula is C23H28F3N3OS. The highest BCUT2D eigenvalue weighted by atomic mass is 32.1. The molecule has 0 unspecified atom stereocenters. The number of nitrogens with one attached hydrogen (secondary N) is 2. The molecule has 2 rings (SSSR count). The summed E-state index contributed by atoms with van der Waals surface area (Å²) in [5, 5.41) is 5.27. The third kappa shape index (κ3) is 7.54. The number of hydrogen-bond donors (Lipinski definition) is 2. The molecule has 1 amide bonds. The Bertz CT molecular complexity index is 872. The maximum Gasteiger partial charge on any atom is 0.416 e. The Labute approximate surface area is 186 Å². The van der Waals surface area contributed by atoms with Crippen molar-refractivity contribution in [1.29, 1.82) is 0 Å². The molecule has 2 aromatic rings. The lowest BCUT2D eigenvalue weighted by molar-refractivity contribution is -0.137. The van der Waals surface area contributed by atoms with E-state index in [0.717, 1.165) is 44.4 Å². The van der Waals surface area contributed by atoms with Crippen LogP contribution in [0.2, 0.25) is 0 Å². The third-order valence-electron chi connectivity index (χ3n) is 4.84. The largest absolute Gasteiger partial charge is 0.416 e. The highest BCUT2D eigenvalue weighted by molar-refractivity contribution is 7.80. The summed E-state index contributed by atoms with van der Waals surface area (Å²) in [7, 11) is 0. The molecule has 0 heterocycles. The fourth-order valence-electron chi connectivity index (χ4n) is 3.18. The molecule has 0 aromatic heterocycles. The minimum atomic E-state index is -4.48. The number of halogens is 3. The van der Waals surface area contributed by atoms with Gasteiger partial charge in [-0.25, -0.2) is 0 Å². The van der Waals surface area contributed by atoms with Crippen molar-refractivity contribution in [3.63, 3.8) is 0 Å². The van der Waals surface area contributed by atoms with Gasteiger partial charge in [0.25, 0.3) is 5.91 Å². The van der Waals surface area contributed by atoms with Crippen LogP contribution in [0, 0.1) is 0 Å². The molecule has 0 bridgehead atoms. The van der Waals surface area contributed by atoms with E-state index in [2.05, 4.69) is 17.6 Å². The van der Waals surface area contributed by atoms with E-state index < -0.39 is 17.6 Å². The van der Waals surface area contributed by atoms with Gasteiger partial charge in [0.15, 0.2) is 5.11 Å². The number of nitrogens with zero attached hydrogens (tertiary/aromatic N) is 1. The van der Waals surface area contributed by atoms with E-state index in [0.29, 0.717) is 17.8 Å². The molecule has 31 heavy (non-hydrogen) atoms. The first kappa shape index (κ1) is 24.7. The van der Waals surface area contributed by atoms with Crippen molar-refractivity contribution in [2.24, 2.45) is 0 Å². The Morgan fingerprint density at radius 2 is 1.74 bits per heavy atom. The summed E-state index contributed by atoms with van der Waals surface area (Å²) in [5.74, 6) is -0.432. The molecule has 8 heteroatoms. The molecule has 0 saturated heterocycles. The van der Waals surface area contributed by atoms with Crippen molar-refractivity contribution >= 4 is 34.6 Å². The number of rotatable bonds is 9. The molecular weight excluding hydrogens is 423 g/mol. The fraction of sp³-hybridized carbons (Fsp3) is 0.391. The first-order valence-electron chi connectivity index (χ1n) is 10.4. The Balaban J connectivity index is 2.22. The molecule has 0 aliphatic heterocycles. The number of alkyl halides is 3. The number of carbonyl (C=O) groups excluding carboxylic acids is 1. The maximum absolute atomic E-state index is 13.3. The molecule has 0 saturated carbocycles. The van der Waals surface area contributed by atoms with Crippen LogP contribution >= 0.6 is 12.2 Å². The lowest BCUT2D eigenvalue weighted by Gasteiger charge is -2.27. The summed E-state index contributed by atoms with van der Waals surface area (Å²) in [6, 6.07) is 12.0. The standard InChI is InChI=1S/C23H28F3N3OS/c1-3-5-6-10-15-29(4-2)20-14-13-18(23(24,25)26)16-19(20)27-22(31)28-21(30)17-11-8-7-9-12-17/h7-9,11-14,16H,3-6,10,15H2,1-2H3,(H2,27,28,30,31). The van der Waals surface area contributed by atoms with Crippen LogP contribution in [0.1, 0.15) is 55.5 Å². The molecule has 2 N–H and O–H groups in total. The normalized spacial score (nSPS) is 11.1. The minimum absolute atomic E-state index is 0.0588. The van der Waals surface area contributed by atoms with Gasteiger partial charge < -0.3 is 10.2 Å². The summed E-state index contributed by atoms with van der Waals surface area (Å²) < 4.78 is 39.9. The van der Waals surface area contributed by atoms with E-state index in [4.69, 9.17) is 12.2 Å². The van der Waals surface area contributed by atoms with E-state index in [1.54, 1.807) is 30.3 Å². The van der Waals surface area contributed by atoms with Gasteiger partial charge >= 0.3 is 6.18 Å². The zero-order chi connectivity index (χ0) is 22.9. The molecule has 0 aliphatic rings. The van der Waals surface area contributed by atoms with Crippen LogP contribution in [0.25, 0.3) is 0 Å². The second-order valence-electron chi connectivity index (χ2n) is 7.14. The minimum Gasteiger partial charge on any atom is -0.370 e. The van der Waals surface area contributed by atoms with E-state index in [9.17, 15) is 18.0 Å². The molecule has 0 atom stereocenters. The van der Waals surface area contributed by atoms with Crippen LogP contribution in [-0.2, 0) is 6.18 Å². The topological polar surface area (TPSA) is 44.4 Å². The first-order valence-corrected chi connectivity index (χ1v) is 10.8. The highest BCUT2D eigenvalue weighted by Gasteiger charge is 2.31. The molecule has 0 spiro atoms. The van der Waals surface area contributed by atoms with Crippen LogP contribution in [0.15, 0.2) is 48.5 Å². The number of thiocarbonyl (C=S) groups is 1. The number of benzene rings is 2. The quantitative estimate of drug-likeness (QED) is 0.350. The van der Waals surface area contributed by atoms with Crippen LogP contribution < -0.4 is 15.5 Å². The van der Waals surface area contributed by atoms with Crippen LogP contribution in [0.5, 0.6) is 0 Å². The van der Waals surface area contributed by atoms with Crippen molar-refractivity contribution in [2.45, 2.75) is 45.7 Å². The molecule has 168 valence electrons. The summed E-state index contributed by atoms with van der Waals surface area (Å²) >= 11 is 5.21. The first-order chi connectivity index (χ1) is 14.8. The van der Waals surface area contributed by atoms with Gasteiger partial charge in [-0.1, -0.05) is 44.4 Å². The van der Waals surface area contributed by atoms with Crippen molar-refractivity contribution in [1.82, 2.24) is 5.32 Å². The summed E-state index contributed by atoms with van der Waals surface area (Å²) in [5.41, 5.74) is 0.453. The van der Waals surface area contributed by atoms with Gasteiger partial charge in [0, 0.05) is 18.7 Å². The van der Waals surface area contributed by atoms with Gasteiger partial charge in [-0.05, 0) is 55.9 Å². The Morgan fingerprint density at radius 3 is 2.35 bits per heavy atom. The summed E-state index contributed by atoms with van der Waals surface area (Å²) in [6.45, 7) is 5.44. The number of anilines is 2. The number of unbranched alkanes of at least 4 members (excludes halogenated alkanes) is 3. The van der Waals surface area contributed by atoms with Gasteiger partial charge in [-0.2, -0.15) is 13.2 Å². The van der Waals surface area contributed by atoms with E-state index >= 15 is 0 Å². The Kier molecular flexibility index (Phi) is 9.30.